The molecule has 2 N–H and O–H groups in total. The van der Waals surface area contributed by atoms with Crippen molar-refractivity contribution in [2.75, 3.05) is 12.8 Å². The van der Waals surface area contributed by atoms with Crippen molar-refractivity contribution in [1.29, 1.82) is 0 Å². The Labute approximate surface area is 77.8 Å². The summed E-state index contributed by atoms with van der Waals surface area (Å²) in [5.74, 6) is 0.938. The van der Waals surface area contributed by atoms with E-state index in [1.54, 1.807) is 18.8 Å². The predicted molar refractivity (Wildman–Crippen MR) is 53.6 cm³/mol. The molecule has 1 heterocycles. The van der Waals surface area contributed by atoms with Crippen LogP contribution >= 0.6 is 11.8 Å². The number of amidine groups is 1. The van der Waals surface area contributed by atoms with Gasteiger partial charge in [-0.15, -0.1) is 0 Å². The molecule has 3 nitrogen and oxygen atoms in total. The summed E-state index contributed by atoms with van der Waals surface area (Å²) in [7, 11) is 1.71. The van der Waals surface area contributed by atoms with E-state index in [4.69, 9.17) is 10.5 Å². The van der Waals surface area contributed by atoms with Gasteiger partial charge in [0.15, 0.2) is 5.17 Å². The smallest absolute Gasteiger partial charge is 0.153 e. The van der Waals surface area contributed by atoms with Crippen molar-refractivity contribution in [3.05, 3.63) is 0 Å². The van der Waals surface area contributed by atoms with Gasteiger partial charge in [-0.1, -0.05) is 11.8 Å². The molecule has 0 aromatic rings. The molecule has 1 fully saturated rings. The molecule has 1 rings (SSSR count). The average Bonchev–Trinajstić information content (AvgIpc) is 2.47. The third-order valence-corrected chi connectivity index (χ3v) is 2.97. The Bertz CT molecular complexity index is 172. The first-order valence-electron chi connectivity index (χ1n) is 4.23. The van der Waals surface area contributed by atoms with Crippen molar-refractivity contribution in [1.82, 2.24) is 0 Å². The fourth-order valence-corrected chi connectivity index (χ4v) is 1.98. The lowest BCUT2D eigenvalue weighted by Crippen LogP contribution is -2.15. The van der Waals surface area contributed by atoms with Crippen LogP contribution in [-0.2, 0) is 4.74 Å². The van der Waals surface area contributed by atoms with Gasteiger partial charge in [-0.25, -0.2) is 0 Å². The summed E-state index contributed by atoms with van der Waals surface area (Å²) in [5, 5.41) is 0.651. The van der Waals surface area contributed by atoms with E-state index >= 15 is 0 Å². The Morgan fingerprint density at radius 1 is 1.67 bits per heavy atom. The van der Waals surface area contributed by atoms with Gasteiger partial charge < -0.3 is 10.5 Å². The molecular formula is C8H16N2OS. The molecule has 70 valence electrons. The Morgan fingerprint density at radius 2 is 2.42 bits per heavy atom. The highest BCUT2D eigenvalue weighted by Crippen LogP contribution is 2.22. The summed E-state index contributed by atoms with van der Waals surface area (Å²) in [6.07, 6.45) is 3.14. The number of ether oxygens (including phenoxy) is 1. The minimum Gasteiger partial charge on any atom is -0.379 e. The molecule has 0 aromatic carbocycles. The van der Waals surface area contributed by atoms with E-state index in [9.17, 15) is 0 Å². The lowest BCUT2D eigenvalue weighted by atomic mass is 10.2. The first-order chi connectivity index (χ1) is 5.72. The molecule has 2 atom stereocenters. The monoisotopic (exact) mass is 188 g/mol. The van der Waals surface area contributed by atoms with Gasteiger partial charge in [-0.05, 0) is 19.8 Å². The van der Waals surface area contributed by atoms with Crippen LogP contribution in [0.25, 0.3) is 0 Å². The molecule has 4 heteroatoms. The highest BCUT2D eigenvalue weighted by atomic mass is 32.2. The fourth-order valence-electron chi connectivity index (χ4n) is 1.25. The van der Waals surface area contributed by atoms with Crippen molar-refractivity contribution in [2.45, 2.75) is 32.0 Å². The molecule has 0 amide bonds. The first kappa shape index (κ1) is 9.86. The Morgan fingerprint density at radius 3 is 2.92 bits per heavy atom. The van der Waals surface area contributed by atoms with E-state index in [2.05, 4.69) is 11.9 Å². The third-order valence-electron chi connectivity index (χ3n) is 1.96. The van der Waals surface area contributed by atoms with Crippen molar-refractivity contribution in [3.63, 3.8) is 0 Å². The van der Waals surface area contributed by atoms with Crippen molar-refractivity contribution >= 4 is 16.9 Å². The number of aliphatic imine (C=N–C) groups is 1. The van der Waals surface area contributed by atoms with Gasteiger partial charge in [0.2, 0.25) is 0 Å². The molecule has 2 unspecified atom stereocenters. The number of thioether (sulfide) groups is 1. The standard InChI is InChI=1S/C8H16N2OS/c1-6-3-4-7(11-6)5-12-8(9)10-2/h6-7H,3-5H2,1-2H3,(H2,9,10). The lowest BCUT2D eigenvalue weighted by molar-refractivity contribution is 0.0701. The topological polar surface area (TPSA) is 47.6 Å². The lowest BCUT2D eigenvalue weighted by Gasteiger charge is -2.09. The maximum Gasteiger partial charge on any atom is 0.153 e. The van der Waals surface area contributed by atoms with Crippen LogP contribution in [-0.4, -0.2) is 30.2 Å². The Balaban J connectivity index is 2.16. The molecule has 0 saturated carbocycles. The SMILES string of the molecule is CN=C(N)SCC1CCC(C)O1. The van der Waals surface area contributed by atoms with Crippen molar-refractivity contribution < 1.29 is 4.74 Å². The van der Waals surface area contributed by atoms with E-state index in [0.29, 0.717) is 17.4 Å². The van der Waals surface area contributed by atoms with Crippen LogP contribution in [0.3, 0.4) is 0 Å². The van der Waals surface area contributed by atoms with Crippen LogP contribution in [0.2, 0.25) is 0 Å². The van der Waals surface area contributed by atoms with Crippen LogP contribution in [0.4, 0.5) is 0 Å². The van der Waals surface area contributed by atoms with Crippen molar-refractivity contribution in [3.8, 4) is 0 Å². The molecule has 1 aliphatic heterocycles. The maximum atomic E-state index is 5.62. The number of hydrogen-bond acceptors (Lipinski definition) is 3. The number of hydrogen-bond donors (Lipinski definition) is 1. The number of nitrogens with zero attached hydrogens (tertiary/aromatic N) is 1. The summed E-state index contributed by atoms with van der Waals surface area (Å²) in [5.41, 5.74) is 5.54. The van der Waals surface area contributed by atoms with E-state index in [-0.39, 0.29) is 0 Å². The van der Waals surface area contributed by atoms with Gasteiger partial charge in [0.25, 0.3) is 0 Å². The molecule has 0 aliphatic carbocycles. The Kier molecular flexibility index (Phi) is 3.88. The second-order valence-electron chi connectivity index (χ2n) is 3.02. The zero-order valence-corrected chi connectivity index (χ0v) is 8.43. The van der Waals surface area contributed by atoms with Crippen LogP contribution in [0.1, 0.15) is 19.8 Å². The highest BCUT2D eigenvalue weighted by Gasteiger charge is 2.21. The first-order valence-corrected chi connectivity index (χ1v) is 5.21. The summed E-state index contributed by atoms with van der Waals surface area (Å²) < 4.78 is 5.62. The molecule has 12 heavy (non-hydrogen) atoms. The van der Waals surface area contributed by atoms with Gasteiger partial charge in [0.05, 0.1) is 12.2 Å². The fraction of sp³-hybridized carbons (Fsp3) is 0.875. The third kappa shape index (κ3) is 3.03. The van der Waals surface area contributed by atoms with Gasteiger partial charge in [-0.2, -0.15) is 0 Å². The maximum absolute atomic E-state index is 5.62. The molecule has 0 spiro atoms. The summed E-state index contributed by atoms with van der Waals surface area (Å²) in [6.45, 7) is 2.11. The van der Waals surface area contributed by atoms with Gasteiger partial charge in [-0.3, -0.25) is 4.99 Å². The Hall–Kier alpha value is -0.220. The second-order valence-corrected chi connectivity index (χ2v) is 4.06. The molecule has 1 saturated heterocycles. The summed E-state index contributed by atoms with van der Waals surface area (Å²) in [4.78, 5) is 3.87. The number of rotatable bonds is 2. The summed E-state index contributed by atoms with van der Waals surface area (Å²) in [6, 6.07) is 0. The quantitative estimate of drug-likeness (QED) is 0.524. The highest BCUT2D eigenvalue weighted by molar-refractivity contribution is 8.13. The molecule has 0 bridgehead atoms. The average molecular weight is 188 g/mol. The van der Waals surface area contributed by atoms with Crippen molar-refractivity contribution in [2.24, 2.45) is 10.7 Å². The largest absolute Gasteiger partial charge is 0.379 e. The molecule has 1 aliphatic rings. The van der Waals surface area contributed by atoms with E-state index in [1.165, 1.54) is 6.42 Å². The summed E-state index contributed by atoms with van der Waals surface area (Å²) >= 11 is 1.58. The predicted octanol–water partition coefficient (Wildman–Crippen LogP) is 1.23. The second kappa shape index (κ2) is 4.72. The van der Waals surface area contributed by atoms with E-state index in [0.717, 1.165) is 12.2 Å². The zero-order chi connectivity index (χ0) is 8.97. The van der Waals surface area contributed by atoms with Crippen LogP contribution in [0, 0.1) is 0 Å². The van der Waals surface area contributed by atoms with Gasteiger partial charge in [0, 0.05) is 12.8 Å². The molecule has 0 aromatic heterocycles. The normalized spacial score (nSPS) is 31.0. The minimum absolute atomic E-state index is 0.380. The van der Waals surface area contributed by atoms with Gasteiger partial charge in [0.1, 0.15) is 0 Å². The van der Waals surface area contributed by atoms with Crippen LogP contribution < -0.4 is 5.73 Å². The number of nitrogens with two attached hydrogens (primary N) is 1. The molecule has 0 radical (unpaired) electrons. The van der Waals surface area contributed by atoms with Crippen LogP contribution in [0.5, 0.6) is 0 Å². The van der Waals surface area contributed by atoms with E-state index < -0.39 is 0 Å². The van der Waals surface area contributed by atoms with E-state index in [1.807, 2.05) is 0 Å². The molecular weight excluding hydrogens is 172 g/mol. The minimum atomic E-state index is 0.380. The zero-order valence-electron chi connectivity index (χ0n) is 7.62. The van der Waals surface area contributed by atoms with Gasteiger partial charge >= 0.3 is 0 Å². The van der Waals surface area contributed by atoms with Crippen LogP contribution in [0.15, 0.2) is 4.99 Å².